The van der Waals surface area contributed by atoms with E-state index >= 15 is 0 Å². The van der Waals surface area contributed by atoms with Crippen LogP contribution in [0, 0.1) is 0 Å². The summed E-state index contributed by atoms with van der Waals surface area (Å²) < 4.78 is 11.5. The summed E-state index contributed by atoms with van der Waals surface area (Å²) in [6.07, 6.45) is 2.40. The summed E-state index contributed by atoms with van der Waals surface area (Å²) in [6, 6.07) is 15.2. The summed E-state index contributed by atoms with van der Waals surface area (Å²) in [5, 5.41) is 3.41. The zero-order valence-corrected chi connectivity index (χ0v) is 13.2. The van der Waals surface area contributed by atoms with E-state index in [0.717, 1.165) is 18.0 Å². The Kier molecular flexibility index (Phi) is 4.93. The molecule has 2 aromatic carbocycles. The van der Waals surface area contributed by atoms with Crippen molar-refractivity contribution < 1.29 is 14.3 Å². The molecule has 0 aromatic heterocycles. The number of benzene rings is 2. The molecule has 120 valence electrons. The van der Waals surface area contributed by atoms with Gasteiger partial charge in [-0.3, -0.25) is 4.79 Å². The Morgan fingerprint density at radius 1 is 1.04 bits per heavy atom. The number of ether oxygens (including phenoxy) is 2. The van der Waals surface area contributed by atoms with Crippen LogP contribution >= 0.6 is 0 Å². The fraction of sp³-hybridized carbons (Fsp3) is 0.316. The molecule has 2 aromatic rings. The average molecular weight is 311 g/mol. The van der Waals surface area contributed by atoms with E-state index < -0.39 is 0 Å². The topological polar surface area (TPSA) is 47.6 Å². The summed E-state index contributed by atoms with van der Waals surface area (Å²) >= 11 is 0. The molecule has 3 rings (SSSR count). The Morgan fingerprint density at radius 2 is 1.65 bits per heavy atom. The molecule has 1 atom stereocenters. The molecule has 0 aliphatic carbocycles. The summed E-state index contributed by atoms with van der Waals surface area (Å²) in [5.74, 6) is 2.35. The van der Waals surface area contributed by atoms with Crippen molar-refractivity contribution >= 4 is 5.78 Å². The number of carbonyl (C=O) groups excluding carboxylic acids is 1. The second-order valence-corrected chi connectivity index (χ2v) is 5.76. The van der Waals surface area contributed by atoms with Crippen molar-refractivity contribution in [3.05, 3.63) is 54.1 Å². The molecule has 0 amide bonds. The van der Waals surface area contributed by atoms with Crippen molar-refractivity contribution in [2.75, 3.05) is 13.2 Å². The molecule has 0 spiro atoms. The Hall–Kier alpha value is -2.33. The first-order chi connectivity index (χ1) is 11.2. The minimum atomic E-state index is 0.0507. The maximum absolute atomic E-state index is 11.3. The molecule has 0 saturated carbocycles. The molecule has 1 N–H and O–H groups in total. The number of hydrogen-bond acceptors (Lipinski definition) is 4. The molecule has 0 radical (unpaired) electrons. The number of ketones is 1. The van der Waals surface area contributed by atoms with E-state index in [4.69, 9.17) is 9.47 Å². The summed E-state index contributed by atoms with van der Waals surface area (Å²) in [4.78, 5) is 11.3. The van der Waals surface area contributed by atoms with E-state index in [9.17, 15) is 4.79 Å². The van der Waals surface area contributed by atoms with Crippen molar-refractivity contribution in [3.8, 4) is 17.2 Å². The first kappa shape index (κ1) is 15.6. The van der Waals surface area contributed by atoms with Crippen LogP contribution in [0.4, 0.5) is 0 Å². The lowest BCUT2D eigenvalue weighted by Crippen LogP contribution is -2.28. The van der Waals surface area contributed by atoms with Gasteiger partial charge in [-0.15, -0.1) is 0 Å². The molecule has 1 aliphatic rings. The van der Waals surface area contributed by atoms with Gasteiger partial charge < -0.3 is 14.8 Å². The molecular formula is C19H21NO3. The van der Waals surface area contributed by atoms with Crippen LogP contribution in [0.3, 0.4) is 0 Å². The van der Waals surface area contributed by atoms with Gasteiger partial charge in [0.05, 0.1) is 0 Å². The van der Waals surface area contributed by atoms with Crippen LogP contribution < -0.4 is 14.8 Å². The van der Waals surface area contributed by atoms with Gasteiger partial charge >= 0.3 is 0 Å². The zero-order valence-electron chi connectivity index (χ0n) is 13.2. The molecule has 1 heterocycles. The number of Topliss-reactive ketones (excluding diaryl/α,β-unsaturated/α-hetero) is 1. The fourth-order valence-corrected chi connectivity index (χ4v) is 2.59. The number of rotatable bonds is 6. The van der Waals surface area contributed by atoms with E-state index in [2.05, 4.69) is 5.32 Å². The molecule has 1 aliphatic heterocycles. The Morgan fingerprint density at radius 3 is 2.22 bits per heavy atom. The van der Waals surface area contributed by atoms with Gasteiger partial charge in [-0.1, -0.05) is 0 Å². The zero-order chi connectivity index (χ0) is 16.1. The minimum Gasteiger partial charge on any atom is -0.492 e. The van der Waals surface area contributed by atoms with Crippen LogP contribution in [-0.4, -0.2) is 25.0 Å². The van der Waals surface area contributed by atoms with Crippen molar-refractivity contribution in [2.45, 2.75) is 25.8 Å². The lowest BCUT2D eigenvalue weighted by molar-refractivity contribution is 0.101. The fourth-order valence-electron chi connectivity index (χ4n) is 2.59. The number of carbonyl (C=O) groups is 1. The quantitative estimate of drug-likeness (QED) is 0.824. The van der Waals surface area contributed by atoms with Crippen LogP contribution in [0.5, 0.6) is 17.2 Å². The van der Waals surface area contributed by atoms with Crippen molar-refractivity contribution in [3.63, 3.8) is 0 Å². The number of nitrogens with one attached hydrogen (secondary N) is 1. The predicted octanol–water partition coefficient (Wildman–Crippen LogP) is 3.81. The SMILES string of the molecule is CC(=O)c1ccc(Oc2ccc(OC[C@H]3CCCN3)cc2)cc1. The highest BCUT2D eigenvalue weighted by Crippen LogP contribution is 2.24. The Balaban J connectivity index is 1.55. The molecular weight excluding hydrogens is 290 g/mol. The summed E-state index contributed by atoms with van der Waals surface area (Å²) in [7, 11) is 0. The first-order valence-electron chi connectivity index (χ1n) is 7.96. The van der Waals surface area contributed by atoms with Gasteiger partial charge in [0.25, 0.3) is 0 Å². The third-order valence-corrected chi connectivity index (χ3v) is 3.93. The molecule has 0 unspecified atom stereocenters. The van der Waals surface area contributed by atoms with Crippen LogP contribution in [0.15, 0.2) is 48.5 Å². The number of hydrogen-bond donors (Lipinski definition) is 1. The largest absolute Gasteiger partial charge is 0.492 e. The third-order valence-electron chi connectivity index (χ3n) is 3.93. The van der Waals surface area contributed by atoms with Crippen molar-refractivity contribution in [1.29, 1.82) is 0 Å². The highest BCUT2D eigenvalue weighted by molar-refractivity contribution is 5.94. The van der Waals surface area contributed by atoms with Crippen LogP contribution in [0.1, 0.15) is 30.1 Å². The van der Waals surface area contributed by atoms with E-state index in [1.807, 2.05) is 24.3 Å². The molecule has 4 heteroatoms. The maximum atomic E-state index is 11.3. The van der Waals surface area contributed by atoms with Crippen molar-refractivity contribution in [1.82, 2.24) is 5.32 Å². The summed E-state index contributed by atoms with van der Waals surface area (Å²) in [6.45, 7) is 3.34. The Labute approximate surface area is 136 Å². The van der Waals surface area contributed by atoms with Gasteiger partial charge in [-0.05, 0) is 74.8 Å². The molecule has 1 fully saturated rings. The highest BCUT2D eigenvalue weighted by atomic mass is 16.5. The van der Waals surface area contributed by atoms with Crippen LogP contribution in [0.2, 0.25) is 0 Å². The van der Waals surface area contributed by atoms with Gasteiger partial charge in [-0.25, -0.2) is 0 Å². The van der Waals surface area contributed by atoms with Gasteiger partial charge in [0.2, 0.25) is 0 Å². The molecule has 4 nitrogen and oxygen atoms in total. The van der Waals surface area contributed by atoms with Crippen molar-refractivity contribution in [2.24, 2.45) is 0 Å². The van der Waals surface area contributed by atoms with Gasteiger partial charge in [-0.2, -0.15) is 0 Å². The smallest absolute Gasteiger partial charge is 0.159 e. The lowest BCUT2D eigenvalue weighted by atomic mass is 10.1. The van der Waals surface area contributed by atoms with E-state index in [1.165, 1.54) is 12.8 Å². The molecule has 23 heavy (non-hydrogen) atoms. The Bertz CT molecular complexity index is 643. The van der Waals surface area contributed by atoms with Gasteiger partial charge in [0.1, 0.15) is 23.9 Å². The lowest BCUT2D eigenvalue weighted by Gasteiger charge is -2.12. The van der Waals surface area contributed by atoms with Gasteiger partial charge in [0.15, 0.2) is 5.78 Å². The first-order valence-corrected chi connectivity index (χ1v) is 7.96. The third kappa shape index (κ3) is 4.33. The van der Waals surface area contributed by atoms with Crippen LogP contribution in [0.25, 0.3) is 0 Å². The van der Waals surface area contributed by atoms with E-state index in [1.54, 1.807) is 31.2 Å². The second-order valence-electron chi connectivity index (χ2n) is 5.76. The van der Waals surface area contributed by atoms with Crippen LogP contribution in [-0.2, 0) is 0 Å². The second kappa shape index (κ2) is 7.29. The highest BCUT2D eigenvalue weighted by Gasteiger charge is 2.14. The molecule has 0 bridgehead atoms. The molecule has 1 saturated heterocycles. The predicted molar refractivity (Wildman–Crippen MR) is 89.5 cm³/mol. The van der Waals surface area contributed by atoms with Gasteiger partial charge in [0, 0.05) is 11.6 Å². The maximum Gasteiger partial charge on any atom is 0.159 e. The minimum absolute atomic E-state index is 0.0507. The van der Waals surface area contributed by atoms with E-state index in [0.29, 0.717) is 24.0 Å². The summed E-state index contributed by atoms with van der Waals surface area (Å²) in [5.41, 5.74) is 0.682. The normalized spacial score (nSPS) is 17.0. The monoisotopic (exact) mass is 311 g/mol. The standard InChI is InChI=1S/C19H21NO3/c1-14(21)15-4-6-18(7-5-15)23-19-10-8-17(9-11-19)22-13-16-3-2-12-20-16/h4-11,16,20H,2-3,12-13H2,1H3/t16-/m1/s1. The average Bonchev–Trinajstić information content (AvgIpc) is 3.08. The van der Waals surface area contributed by atoms with E-state index in [-0.39, 0.29) is 5.78 Å².